The van der Waals surface area contributed by atoms with Gasteiger partial charge < -0.3 is 15.4 Å². The third kappa shape index (κ3) is 4.76. The first-order chi connectivity index (χ1) is 13.9. The summed E-state index contributed by atoms with van der Waals surface area (Å²) in [5.41, 5.74) is 5.34. The van der Waals surface area contributed by atoms with Gasteiger partial charge in [-0.1, -0.05) is 23.8 Å². The number of nitrogens with one attached hydrogen (secondary N) is 2. The number of hydrogen-bond acceptors (Lipinski definition) is 6. The topological polar surface area (TPSA) is 93.2 Å². The molecule has 148 valence electrons. The van der Waals surface area contributed by atoms with Crippen LogP contribution in [0.5, 0.6) is 0 Å². The largest absolute Gasteiger partial charge is 0.465 e. The third-order valence-electron chi connectivity index (χ3n) is 4.37. The molecule has 2 aromatic carbocycles. The van der Waals surface area contributed by atoms with Crippen molar-refractivity contribution >= 4 is 29.2 Å². The van der Waals surface area contributed by atoms with Gasteiger partial charge in [-0.25, -0.2) is 14.8 Å². The molecule has 0 atom stereocenters. The molecule has 0 aliphatic heterocycles. The number of aryl methyl sites for hydroxylation is 3. The number of anilines is 3. The van der Waals surface area contributed by atoms with Crippen LogP contribution in [0.4, 0.5) is 17.3 Å². The molecule has 2 N–H and O–H groups in total. The van der Waals surface area contributed by atoms with Crippen LogP contribution < -0.4 is 10.6 Å². The maximum absolute atomic E-state index is 12.6. The maximum atomic E-state index is 12.6. The van der Waals surface area contributed by atoms with Crippen LogP contribution in [0.1, 0.15) is 37.4 Å². The number of aromatic nitrogens is 2. The van der Waals surface area contributed by atoms with Crippen molar-refractivity contribution in [3.05, 3.63) is 76.6 Å². The van der Waals surface area contributed by atoms with E-state index in [1.807, 2.05) is 32.9 Å². The molecule has 1 heterocycles. The van der Waals surface area contributed by atoms with Crippen molar-refractivity contribution in [2.24, 2.45) is 0 Å². The van der Waals surface area contributed by atoms with E-state index < -0.39 is 5.97 Å². The lowest BCUT2D eigenvalue weighted by Crippen LogP contribution is -2.15. The van der Waals surface area contributed by atoms with E-state index in [1.54, 1.807) is 24.3 Å². The van der Waals surface area contributed by atoms with Gasteiger partial charge in [0.05, 0.1) is 18.2 Å². The van der Waals surface area contributed by atoms with Crippen molar-refractivity contribution in [1.29, 1.82) is 0 Å². The molecule has 0 radical (unpaired) electrons. The normalized spacial score (nSPS) is 10.3. The molecule has 0 bridgehead atoms. The van der Waals surface area contributed by atoms with Gasteiger partial charge in [0.1, 0.15) is 0 Å². The predicted octanol–water partition coefficient (Wildman–Crippen LogP) is 4.18. The Morgan fingerprint density at radius 3 is 2.21 bits per heavy atom. The Bertz CT molecular complexity index is 1040. The van der Waals surface area contributed by atoms with Crippen molar-refractivity contribution in [1.82, 2.24) is 9.97 Å². The van der Waals surface area contributed by atoms with Gasteiger partial charge in [-0.2, -0.15) is 0 Å². The highest BCUT2D eigenvalue weighted by Gasteiger charge is 2.12. The highest BCUT2D eigenvalue weighted by molar-refractivity contribution is 6.04. The highest BCUT2D eigenvalue weighted by Crippen LogP contribution is 2.22. The van der Waals surface area contributed by atoms with Gasteiger partial charge in [0.2, 0.25) is 5.95 Å². The van der Waals surface area contributed by atoms with E-state index in [4.69, 9.17) is 4.74 Å². The second kappa shape index (κ2) is 8.52. The smallest absolute Gasteiger partial charge is 0.337 e. The molecular weight excluding hydrogens is 368 g/mol. The van der Waals surface area contributed by atoms with Crippen molar-refractivity contribution in [3.63, 3.8) is 0 Å². The van der Waals surface area contributed by atoms with Crippen LogP contribution in [0.15, 0.2) is 48.8 Å². The minimum atomic E-state index is -0.428. The third-order valence-corrected chi connectivity index (χ3v) is 4.37. The summed E-state index contributed by atoms with van der Waals surface area (Å²) in [4.78, 5) is 32.6. The van der Waals surface area contributed by atoms with Crippen LogP contribution in [0, 0.1) is 20.8 Å². The molecule has 1 amide bonds. The number of esters is 1. The number of carbonyl (C=O) groups excluding carboxylic acids is 2. The summed E-state index contributed by atoms with van der Waals surface area (Å²) in [6.07, 6.45) is 2.90. The first-order valence-corrected chi connectivity index (χ1v) is 9.04. The van der Waals surface area contributed by atoms with Gasteiger partial charge in [-0.15, -0.1) is 0 Å². The molecule has 0 saturated carbocycles. The van der Waals surface area contributed by atoms with Gasteiger partial charge in [0.25, 0.3) is 5.91 Å². The number of benzene rings is 2. The number of rotatable bonds is 5. The van der Waals surface area contributed by atoms with Crippen molar-refractivity contribution in [2.75, 3.05) is 17.7 Å². The van der Waals surface area contributed by atoms with Crippen molar-refractivity contribution < 1.29 is 14.3 Å². The number of nitrogens with zero attached hydrogens (tertiary/aromatic N) is 2. The molecule has 0 aliphatic rings. The molecular formula is C22H22N4O3. The minimum Gasteiger partial charge on any atom is -0.465 e. The highest BCUT2D eigenvalue weighted by atomic mass is 16.5. The molecule has 0 fully saturated rings. The van der Waals surface area contributed by atoms with Crippen molar-refractivity contribution in [2.45, 2.75) is 20.8 Å². The summed E-state index contributed by atoms with van der Waals surface area (Å²) in [6, 6.07) is 10.8. The Morgan fingerprint density at radius 2 is 1.59 bits per heavy atom. The van der Waals surface area contributed by atoms with E-state index >= 15 is 0 Å². The zero-order valence-corrected chi connectivity index (χ0v) is 16.7. The SMILES string of the molecule is COC(=O)c1cccc(Nc2ncc(C(=O)Nc3c(C)cc(C)cc3C)cn2)c1. The monoisotopic (exact) mass is 390 g/mol. The lowest BCUT2D eigenvalue weighted by Gasteiger charge is -2.13. The maximum Gasteiger partial charge on any atom is 0.337 e. The zero-order chi connectivity index (χ0) is 21.0. The Kier molecular flexibility index (Phi) is 5.87. The molecule has 7 heteroatoms. The average Bonchev–Trinajstić information content (AvgIpc) is 2.70. The fraction of sp³-hybridized carbons (Fsp3) is 0.182. The summed E-state index contributed by atoms with van der Waals surface area (Å²) >= 11 is 0. The van der Waals surface area contributed by atoms with E-state index in [1.165, 1.54) is 19.5 Å². The zero-order valence-electron chi connectivity index (χ0n) is 16.7. The molecule has 0 spiro atoms. The standard InChI is InChI=1S/C22H22N4O3/c1-13-8-14(2)19(15(3)9-13)26-20(27)17-11-23-22(24-12-17)25-18-7-5-6-16(10-18)21(28)29-4/h5-12H,1-4H3,(H,26,27)(H,23,24,25). The molecule has 3 rings (SSSR count). The molecule has 0 aliphatic carbocycles. The van der Waals surface area contributed by atoms with E-state index in [9.17, 15) is 9.59 Å². The summed E-state index contributed by atoms with van der Waals surface area (Å²) in [5.74, 6) is -0.395. The molecule has 1 aromatic heterocycles. The van der Waals surface area contributed by atoms with Crippen LogP contribution in [0.25, 0.3) is 0 Å². The van der Waals surface area contributed by atoms with Crippen LogP contribution >= 0.6 is 0 Å². The lowest BCUT2D eigenvalue weighted by atomic mass is 10.0. The van der Waals surface area contributed by atoms with Gasteiger partial charge in [-0.3, -0.25) is 4.79 Å². The van der Waals surface area contributed by atoms with Crippen LogP contribution in [-0.2, 0) is 4.74 Å². The van der Waals surface area contributed by atoms with Gasteiger partial charge >= 0.3 is 5.97 Å². The van der Waals surface area contributed by atoms with Gasteiger partial charge in [0, 0.05) is 23.8 Å². The Morgan fingerprint density at radius 1 is 0.931 bits per heavy atom. The van der Waals surface area contributed by atoms with Crippen molar-refractivity contribution in [3.8, 4) is 0 Å². The van der Waals surface area contributed by atoms with E-state index in [2.05, 4.69) is 20.6 Å². The van der Waals surface area contributed by atoms with Crippen LogP contribution in [0.2, 0.25) is 0 Å². The fourth-order valence-corrected chi connectivity index (χ4v) is 3.04. The summed E-state index contributed by atoms with van der Waals surface area (Å²) in [7, 11) is 1.33. The Hall–Kier alpha value is -3.74. The number of carbonyl (C=O) groups is 2. The lowest BCUT2D eigenvalue weighted by molar-refractivity contribution is 0.0600. The first-order valence-electron chi connectivity index (χ1n) is 9.04. The second-order valence-corrected chi connectivity index (χ2v) is 6.72. The quantitative estimate of drug-likeness (QED) is 0.635. The van der Waals surface area contributed by atoms with Crippen LogP contribution in [0.3, 0.4) is 0 Å². The van der Waals surface area contributed by atoms with Gasteiger partial charge in [-0.05, 0) is 50.1 Å². The summed E-state index contributed by atoms with van der Waals surface area (Å²) < 4.78 is 4.71. The summed E-state index contributed by atoms with van der Waals surface area (Å²) in [5, 5.41) is 5.93. The first kappa shape index (κ1) is 20.0. The molecule has 0 saturated heterocycles. The van der Waals surface area contributed by atoms with Crippen LogP contribution in [-0.4, -0.2) is 29.0 Å². The molecule has 7 nitrogen and oxygen atoms in total. The molecule has 0 unspecified atom stereocenters. The van der Waals surface area contributed by atoms with E-state index in [0.29, 0.717) is 22.8 Å². The number of amides is 1. The minimum absolute atomic E-state index is 0.278. The van der Waals surface area contributed by atoms with E-state index in [0.717, 1.165) is 22.4 Å². The Balaban J connectivity index is 1.72. The average molecular weight is 390 g/mol. The summed E-state index contributed by atoms with van der Waals surface area (Å²) in [6.45, 7) is 5.94. The Labute approximate surface area is 169 Å². The number of methoxy groups -OCH3 is 1. The van der Waals surface area contributed by atoms with E-state index in [-0.39, 0.29) is 5.91 Å². The molecule has 29 heavy (non-hydrogen) atoms. The number of ether oxygens (including phenoxy) is 1. The number of hydrogen-bond donors (Lipinski definition) is 2. The fourth-order valence-electron chi connectivity index (χ4n) is 3.04. The second-order valence-electron chi connectivity index (χ2n) is 6.72. The molecule has 3 aromatic rings. The predicted molar refractivity (Wildman–Crippen MR) is 112 cm³/mol. The van der Waals surface area contributed by atoms with Gasteiger partial charge in [0.15, 0.2) is 0 Å².